The van der Waals surface area contributed by atoms with Crippen LogP contribution in [0.2, 0.25) is 0 Å². The smallest absolute Gasteiger partial charge is 0.311 e. The minimum atomic E-state index is -0.591. The monoisotopic (exact) mass is 278 g/mol. The average Bonchev–Trinajstić information content (AvgIpc) is 2.93. The number of fused-ring (bicyclic) bond motifs is 1. The molecular weight excluding hydrogens is 260 g/mol. The lowest BCUT2D eigenvalue weighted by atomic mass is 10.2. The zero-order valence-electron chi connectivity index (χ0n) is 11.6. The number of likely N-dealkylation sites (N-methyl/N-ethyl adjacent to an activating group) is 1. The largest absolute Gasteiger partial charge is 0.454 e. The Hall–Kier alpha value is -2.24. The summed E-state index contributed by atoms with van der Waals surface area (Å²) in [6.45, 7) is 5.21. The summed E-state index contributed by atoms with van der Waals surface area (Å²) in [6.07, 6.45) is 0. The van der Waals surface area contributed by atoms with Crippen LogP contribution in [0.4, 0.5) is 0 Å². The predicted octanol–water partition coefficient (Wildman–Crippen LogP) is 0.900. The van der Waals surface area contributed by atoms with E-state index in [1.54, 1.807) is 12.1 Å². The van der Waals surface area contributed by atoms with Crippen LogP contribution in [0.3, 0.4) is 0 Å². The minimum Gasteiger partial charge on any atom is -0.454 e. The highest BCUT2D eigenvalue weighted by Crippen LogP contribution is 2.32. The number of hydrogen-bond acceptors (Lipinski definition) is 4. The molecule has 0 bridgehead atoms. The lowest BCUT2D eigenvalue weighted by Crippen LogP contribution is -2.42. The molecule has 1 heterocycles. The molecule has 6 nitrogen and oxygen atoms in total. The first-order chi connectivity index (χ1) is 9.65. The van der Waals surface area contributed by atoms with Crippen LogP contribution >= 0.6 is 0 Å². The van der Waals surface area contributed by atoms with Crippen molar-refractivity contribution in [3.63, 3.8) is 0 Å². The number of ether oxygens (including phenoxy) is 2. The standard InChI is InChI=1S/C14H18N2O4/c1-3-16(4-2)14(18)13(17)15-8-10-5-6-11-12(7-10)20-9-19-11/h5-7H,3-4,8-9H2,1-2H3,(H,15,17). The second kappa shape index (κ2) is 6.27. The van der Waals surface area contributed by atoms with Crippen molar-refractivity contribution in [2.24, 2.45) is 0 Å². The molecule has 1 aromatic rings. The van der Waals surface area contributed by atoms with E-state index in [1.165, 1.54) is 4.90 Å². The Morgan fingerprint density at radius 2 is 1.90 bits per heavy atom. The fraction of sp³-hybridized carbons (Fsp3) is 0.429. The van der Waals surface area contributed by atoms with E-state index in [0.717, 1.165) is 5.56 Å². The lowest BCUT2D eigenvalue weighted by Gasteiger charge is -2.17. The molecule has 1 N–H and O–H groups in total. The topological polar surface area (TPSA) is 67.9 Å². The third-order valence-corrected chi connectivity index (χ3v) is 3.13. The van der Waals surface area contributed by atoms with Crippen molar-refractivity contribution >= 4 is 11.8 Å². The summed E-state index contributed by atoms with van der Waals surface area (Å²) in [5.74, 6) is 0.258. The van der Waals surface area contributed by atoms with Gasteiger partial charge in [-0.1, -0.05) is 6.07 Å². The number of benzene rings is 1. The van der Waals surface area contributed by atoms with E-state index in [2.05, 4.69) is 5.32 Å². The van der Waals surface area contributed by atoms with E-state index < -0.39 is 11.8 Å². The van der Waals surface area contributed by atoms with Gasteiger partial charge in [0.15, 0.2) is 11.5 Å². The number of rotatable bonds is 4. The molecule has 2 amide bonds. The third kappa shape index (κ3) is 3.01. The predicted molar refractivity (Wildman–Crippen MR) is 72.3 cm³/mol. The Balaban J connectivity index is 1.92. The van der Waals surface area contributed by atoms with Gasteiger partial charge in [0, 0.05) is 19.6 Å². The molecular formula is C14H18N2O4. The molecule has 108 valence electrons. The van der Waals surface area contributed by atoms with Gasteiger partial charge in [0.1, 0.15) is 0 Å². The zero-order chi connectivity index (χ0) is 14.5. The number of carbonyl (C=O) groups excluding carboxylic acids is 2. The van der Waals surface area contributed by atoms with Gasteiger partial charge in [-0.15, -0.1) is 0 Å². The van der Waals surface area contributed by atoms with Crippen LogP contribution in [0, 0.1) is 0 Å². The fourth-order valence-electron chi connectivity index (χ4n) is 1.96. The average molecular weight is 278 g/mol. The van der Waals surface area contributed by atoms with Gasteiger partial charge in [-0.2, -0.15) is 0 Å². The molecule has 0 radical (unpaired) electrons. The van der Waals surface area contributed by atoms with Crippen molar-refractivity contribution in [1.82, 2.24) is 10.2 Å². The molecule has 2 rings (SSSR count). The number of carbonyl (C=O) groups is 2. The van der Waals surface area contributed by atoms with Crippen LogP contribution in [0.5, 0.6) is 11.5 Å². The molecule has 1 aliphatic rings. The van der Waals surface area contributed by atoms with Crippen molar-refractivity contribution in [2.45, 2.75) is 20.4 Å². The minimum absolute atomic E-state index is 0.214. The normalized spacial score (nSPS) is 12.1. The summed E-state index contributed by atoms with van der Waals surface area (Å²) in [4.78, 5) is 25.0. The van der Waals surface area contributed by atoms with Crippen molar-refractivity contribution in [3.8, 4) is 11.5 Å². The van der Waals surface area contributed by atoms with Crippen LogP contribution < -0.4 is 14.8 Å². The van der Waals surface area contributed by atoms with Gasteiger partial charge in [-0.05, 0) is 31.5 Å². The van der Waals surface area contributed by atoms with Crippen molar-refractivity contribution in [3.05, 3.63) is 23.8 Å². The van der Waals surface area contributed by atoms with E-state index in [-0.39, 0.29) is 13.3 Å². The van der Waals surface area contributed by atoms with Gasteiger partial charge in [0.2, 0.25) is 6.79 Å². The third-order valence-electron chi connectivity index (χ3n) is 3.13. The quantitative estimate of drug-likeness (QED) is 0.831. The first-order valence-electron chi connectivity index (χ1n) is 6.61. The van der Waals surface area contributed by atoms with Crippen LogP contribution in [0.25, 0.3) is 0 Å². The van der Waals surface area contributed by atoms with Gasteiger partial charge in [-0.25, -0.2) is 0 Å². The van der Waals surface area contributed by atoms with E-state index in [0.29, 0.717) is 24.6 Å². The first kappa shape index (κ1) is 14.2. The van der Waals surface area contributed by atoms with Crippen molar-refractivity contribution in [1.29, 1.82) is 0 Å². The zero-order valence-corrected chi connectivity index (χ0v) is 11.6. The van der Waals surface area contributed by atoms with Gasteiger partial charge < -0.3 is 19.7 Å². The van der Waals surface area contributed by atoms with Gasteiger partial charge in [0.05, 0.1) is 0 Å². The Morgan fingerprint density at radius 1 is 1.20 bits per heavy atom. The highest BCUT2D eigenvalue weighted by Gasteiger charge is 2.19. The number of nitrogens with zero attached hydrogens (tertiary/aromatic N) is 1. The summed E-state index contributed by atoms with van der Waals surface area (Å²) in [7, 11) is 0. The maximum Gasteiger partial charge on any atom is 0.311 e. The second-order valence-corrected chi connectivity index (χ2v) is 4.35. The highest BCUT2D eigenvalue weighted by atomic mass is 16.7. The molecule has 0 aromatic heterocycles. The Kier molecular flexibility index (Phi) is 4.45. The SMILES string of the molecule is CCN(CC)C(=O)C(=O)NCc1ccc2c(c1)OCO2. The summed E-state index contributed by atoms with van der Waals surface area (Å²) in [6, 6.07) is 5.41. The Bertz CT molecular complexity index is 512. The molecule has 6 heteroatoms. The molecule has 0 fully saturated rings. The summed E-state index contributed by atoms with van der Waals surface area (Å²) >= 11 is 0. The molecule has 0 spiro atoms. The number of nitrogens with one attached hydrogen (secondary N) is 1. The van der Waals surface area contributed by atoms with Crippen LogP contribution in [0.15, 0.2) is 18.2 Å². The van der Waals surface area contributed by atoms with Crippen LogP contribution in [-0.2, 0) is 16.1 Å². The summed E-state index contributed by atoms with van der Waals surface area (Å²) in [5.41, 5.74) is 0.856. The van der Waals surface area contributed by atoms with Crippen LogP contribution in [0.1, 0.15) is 19.4 Å². The summed E-state index contributed by atoms with van der Waals surface area (Å²) < 4.78 is 10.5. The summed E-state index contributed by atoms with van der Waals surface area (Å²) in [5, 5.41) is 2.61. The number of amides is 2. The van der Waals surface area contributed by atoms with Crippen molar-refractivity contribution in [2.75, 3.05) is 19.9 Å². The molecule has 0 saturated heterocycles. The maximum absolute atomic E-state index is 11.8. The van der Waals surface area contributed by atoms with E-state index >= 15 is 0 Å². The van der Waals surface area contributed by atoms with E-state index in [1.807, 2.05) is 19.9 Å². The van der Waals surface area contributed by atoms with E-state index in [9.17, 15) is 9.59 Å². The molecule has 1 aliphatic heterocycles. The Labute approximate surface area is 117 Å². The van der Waals surface area contributed by atoms with Crippen LogP contribution in [-0.4, -0.2) is 36.6 Å². The highest BCUT2D eigenvalue weighted by molar-refractivity contribution is 6.34. The maximum atomic E-state index is 11.8. The molecule has 0 aliphatic carbocycles. The molecule has 0 unspecified atom stereocenters. The first-order valence-corrected chi connectivity index (χ1v) is 6.61. The number of hydrogen-bond donors (Lipinski definition) is 1. The molecule has 1 aromatic carbocycles. The van der Waals surface area contributed by atoms with Gasteiger partial charge >= 0.3 is 11.8 Å². The second-order valence-electron chi connectivity index (χ2n) is 4.35. The molecule has 0 atom stereocenters. The fourth-order valence-corrected chi connectivity index (χ4v) is 1.96. The van der Waals surface area contributed by atoms with E-state index in [4.69, 9.17) is 9.47 Å². The lowest BCUT2D eigenvalue weighted by molar-refractivity contribution is -0.145. The van der Waals surface area contributed by atoms with Gasteiger partial charge in [0.25, 0.3) is 0 Å². The Morgan fingerprint density at radius 3 is 2.60 bits per heavy atom. The van der Waals surface area contributed by atoms with Gasteiger partial charge in [-0.3, -0.25) is 9.59 Å². The molecule has 20 heavy (non-hydrogen) atoms. The van der Waals surface area contributed by atoms with Crippen molar-refractivity contribution < 1.29 is 19.1 Å². The molecule has 0 saturated carbocycles.